The predicted molar refractivity (Wildman–Crippen MR) is 107 cm³/mol. The molecule has 3 amide bonds. The fourth-order valence-corrected chi connectivity index (χ4v) is 3.81. The predicted octanol–water partition coefficient (Wildman–Crippen LogP) is -2.31. The second-order valence-corrected chi connectivity index (χ2v) is 8.06. The van der Waals surface area contributed by atoms with Gasteiger partial charge >= 0.3 is 35.6 Å². The van der Waals surface area contributed by atoms with Gasteiger partial charge in [-0.2, -0.15) is 0 Å². The minimum atomic E-state index is -1.34. The average Bonchev–Trinajstić information content (AvgIpc) is 3.19. The summed E-state index contributed by atoms with van der Waals surface area (Å²) < 4.78 is 5.77. The molecule has 9 nitrogen and oxygen atoms in total. The monoisotopic (exact) mass is 450 g/mol. The van der Waals surface area contributed by atoms with Crippen LogP contribution in [0.4, 0.5) is 10.6 Å². The van der Waals surface area contributed by atoms with Crippen molar-refractivity contribution in [3.05, 3.63) is 51.9 Å². The zero-order valence-corrected chi connectivity index (χ0v) is 19.8. The number of fused-ring (bicyclic) bond motifs is 1. The van der Waals surface area contributed by atoms with Gasteiger partial charge < -0.3 is 24.4 Å². The number of amides is 3. The maximum Gasteiger partial charge on any atom is 1.00 e. The van der Waals surface area contributed by atoms with Gasteiger partial charge in [-0.25, -0.2) is 9.78 Å². The minimum Gasteiger partial charge on any atom is -0.548 e. The van der Waals surface area contributed by atoms with Crippen LogP contribution in [0, 0.1) is 0 Å². The molecule has 0 aromatic carbocycles. The van der Waals surface area contributed by atoms with Crippen molar-refractivity contribution in [2.75, 3.05) is 25.0 Å². The molecule has 4 rings (SSSR count). The molecular formula is C20H19N4NaO5S. The smallest absolute Gasteiger partial charge is 0.548 e. The molecule has 2 aromatic rings. The third kappa shape index (κ3) is 5.92. The summed E-state index contributed by atoms with van der Waals surface area (Å²) in [4.78, 5) is 43.1. The van der Waals surface area contributed by atoms with Crippen molar-refractivity contribution in [2.45, 2.75) is 19.3 Å². The summed E-state index contributed by atoms with van der Waals surface area (Å²) in [5.74, 6) is -1.07. The summed E-state index contributed by atoms with van der Waals surface area (Å²) in [6.07, 6.45) is 4.71. The molecule has 2 aromatic heterocycles. The zero-order chi connectivity index (χ0) is 21.1. The first-order valence-electron chi connectivity index (χ1n) is 9.33. The van der Waals surface area contributed by atoms with Crippen LogP contribution in [0.25, 0.3) is 6.08 Å². The van der Waals surface area contributed by atoms with Gasteiger partial charge in [0.2, 0.25) is 5.91 Å². The van der Waals surface area contributed by atoms with Gasteiger partial charge in [-0.3, -0.25) is 10.1 Å². The fourth-order valence-electron chi connectivity index (χ4n) is 3.19. The van der Waals surface area contributed by atoms with E-state index in [0.29, 0.717) is 36.6 Å². The molecule has 0 spiro atoms. The number of nitrogens with one attached hydrogen (secondary N) is 1. The number of rotatable bonds is 7. The number of carboxylic acid groups (broad SMARTS) is 1. The van der Waals surface area contributed by atoms with Crippen LogP contribution in [0.5, 0.6) is 0 Å². The minimum absolute atomic E-state index is 0. The molecule has 0 unspecified atom stereocenters. The quantitative estimate of drug-likeness (QED) is 0.374. The van der Waals surface area contributed by atoms with E-state index in [2.05, 4.69) is 10.3 Å². The number of carbonyl (C=O) groups excluding carboxylic acids is 3. The van der Waals surface area contributed by atoms with Crippen LogP contribution in [0.15, 0.2) is 35.9 Å². The Morgan fingerprint density at radius 2 is 2.19 bits per heavy atom. The second kappa shape index (κ2) is 10.4. The second-order valence-electron chi connectivity index (χ2n) is 7.02. The number of carbonyl (C=O) groups is 3. The Morgan fingerprint density at radius 3 is 2.90 bits per heavy atom. The normalized spacial score (nSPS) is 15.8. The van der Waals surface area contributed by atoms with E-state index in [1.807, 2.05) is 17.5 Å². The number of aliphatic carboxylic acids is 1. The molecule has 0 radical (unpaired) electrons. The van der Waals surface area contributed by atoms with E-state index < -0.39 is 18.5 Å². The molecule has 11 heteroatoms. The molecule has 0 bridgehead atoms. The number of hydrogen-bond acceptors (Lipinski definition) is 7. The molecule has 31 heavy (non-hydrogen) atoms. The maximum atomic E-state index is 12.3. The average molecular weight is 450 g/mol. The van der Waals surface area contributed by atoms with Gasteiger partial charge in [0.15, 0.2) is 0 Å². The van der Waals surface area contributed by atoms with Crippen LogP contribution >= 0.6 is 11.3 Å². The first-order chi connectivity index (χ1) is 14.5. The van der Waals surface area contributed by atoms with Gasteiger partial charge in [0.25, 0.3) is 0 Å². The third-order valence-corrected chi connectivity index (χ3v) is 5.65. The van der Waals surface area contributed by atoms with E-state index in [9.17, 15) is 19.5 Å². The summed E-state index contributed by atoms with van der Waals surface area (Å²) >= 11 is 1.64. The molecule has 2 aliphatic heterocycles. The van der Waals surface area contributed by atoms with Crippen molar-refractivity contribution < 1.29 is 53.8 Å². The number of nitrogens with zero attached hydrogens (tertiary/aromatic N) is 3. The van der Waals surface area contributed by atoms with Crippen LogP contribution in [0.2, 0.25) is 0 Å². The Morgan fingerprint density at radius 1 is 1.39 bits per heavy atom. The molecular weight excluding hydrogens is 431 g/mol. The van der Waals surface area contributed by atoms with Crippen molar-refractivity contribution >= 4 is 41.1 Å². The van der Waals surface area contributed by atoms with Crippen molar-refractivity contribution in [3.8, 4) is 0 Å². The van der Waals surface area contributed by atoms with Gasteiger partial charge in [-0.05, 0) is 29.2 Å². The van der Waals surface area contributed by atoms with E-state index in [4.69, 9.17) is 4.74 Å². The summed E-state index contributed by atoms with van der Waals surface area (Å²) in [6.45, 7) is 1.27. The topological polar surface area (TPSA) is 115 Å². The summed E-state index contributed by atoms with van der Waals surface area (Å²) in [5, 5.41) is 15.3. The first kappa shape index (κ1) is 23.4. The fraction of sp³-hybridized carbons (Fsp3) is 0.300. The van der Waals surface area contributed by atoms with Crippen LogP contribution < -0.4 is 40.0 Å². The number of ether oxygens (including phenoxy) is 1. The van der Waals surface area contributed by atoms with Crippen molar-refractivity contribution in [1.82, 2.24) is 14.8 Å². The van der Waals surface area contributed by atoms with Crippen LogP contribution in [-0.2, 0) is 27.5 Å². The molecule has 156 valence electrons. The zero-order valence-electron chi connectivity index (χ0n) is 16.9. The molecule has 1 N–H and O–H groups in total. The van der Waals surface area contributed by atoms with Crippen LogP contribution in [0.1, 0.15) is 16.0 Å². The van der Waals surface area contributed by atoms with Crippen molar-refractivity contribution in [3.63, 3.8) is 0 Å². The third-order valence-electron chi connectivity index (χ3n) is 4.80. The Balaban J connectivity index is 0.00000272. The Labute approximate surface area is 205 Å². The number of pyridine rings is 1. The number of carboxylic acids is 1. The number of aromatic nitrogens is 1. The van der Waals surface area contributed by atoms with E-state index in [-0.39, 0.29) is 48.1 Å². The largest absolute Gasteiger partial charge is 1.00 e. The number of anilines is 1. The van der Waals surface area contributed by atoms with Crippen molar-refractivity contribution in [1.29, 1.82) is 0 Å². The Hall–Kier alpha value is -2.24. The number of likely N-dealkylation sites (tertiary alicyclic amines) is 1. The van der Waals surface area contributed by atoms with Gasteiger partial charge in [0.05, 0.1) is 31.8 Å². The molecule has 1 saturated heterocycles. The van der Waals surface area contributed by atoms with E-state index in [1.165, 1.54) is 6.08 Å². The van der Waals surface area contributed by atoms with Gasteiger partial charge in [0.1, 0.15) is 5.82 Å². The van der Waals surface area contributed by atoms with E-state index in [0.717, 1.165) is 9.78 Å². The van der Waals surface area contributed by atoms with E-state index in [1.54, 1.807) is 34.6 Å². The molecule has 0 atom stereocenters. The summed E-state index contributed by atoms with van der Waals surface area (Å²) in [6, 6.07) is 5.22. The van der Waals surface area contributed by atoms with Crippen molar-refractivity contribution in [2.24, 2.45) is 0 Å². The Kier molecular flexibility index (Phi) is 7.84. The maximum absolute atomic E-state index is 12.3. The van der Waals surface area contributed by atoms with Gasteiger partial charge in [-0.15, -0.1) is 11.3 Å². The van der Waals surface area contributed by atoms with Gasteiger partial charge in [-0.1, -0.05) is 6.07 Å². The first-order valence-corrected chi connectivity index (χ1v) is 10.2. The van der Waals surface area contributed by atoms with E-state index >= 15 is 0 Å². The molecule has 0 saturated carbocycles. The SMILES string of the molecule is O=C([O-])CN1Cc2cc(/C=C/C(=O)N3CC(OCc4cccs4)C3)cnc2NC1=O.[Na+]. The molecule has 0 aliphatic carbocycles. The van der Waals surface area contributed by atoms with Crippen LogP contribution in [-0.4, -0.2) is 58.4 Å². The van der Waals surface area contributed by atoms with Crippen LogP contribution in [0.3, 0.4) is 0 Å². The molecule has 1 fully saturated rings. The number of urea groups is 1. The van der Waals surface area contributed by atoms with Gasteiger partial charge in [0, 0.05) is 35.8 Å². The summed E-state index contributed by atoms with van der Waals surface area (Å²) in [5.41, 5.74) is 1.34. The Bertz CT molecular complexity index is 991. The number of hydrogen-bond donors (Lipinski definition) is 1. The number of thiophene rings is 1. The summed E-state index contributed by atoms with van der Waals surface area (Å²) in [7, 11) is 0. The molecule has 2 aliphatic rings. The standard InChI is InChI=1S/C20H20N4O5S.Na/c25-17(23-9-15(10-23)29-12-16-2-1-5-30-16)4-3-13-6-14-8-24(11-18(26)27)20(28)22-19(14)21-7-13;/h1-7,15H,8-12H2,(H,26,27)(H,21,22,28);/q;+1/p-1/b4-3+;. The molecule has 4 heterocycles.